The van der Waals surface area contributed by atoms with Gasteiger partial charge in [-0.1, -0.05) is 59.8 Å². The lowest BCUT2D eigenvalue weighted by molar-refractivity contribution is 1.47. The fourth-order valence-corrected chi connectivity index (χ4v) is 2.56. The summed E-state index contributed by atoms with van der Waals surface area (Å²) in [5, 5.41) is 0.772. The van der Waals surface area contributed by atoms with E-state index in [9.17, 15) is 0 Å². The molecule has 0 heterocycles. The number of thioether (sulfide) groups is 1. The van der Waals surface area contributed by atoms with E-state index in [2.05, 4.69) is 37.3 Å². The van der Waals surface area contributed by atoms with E-state index in [1.807, 2.05) is 30.3 Å². The van der Waals surface area contributed by atoms with Gasteiger partial charge >= 0.3 is 0 Å². The standard InChI is InChI=1S/C15H13ClS/c1-2-15(12-8-10-13(16)11-9-12)17-14-6-4-3-5-7-14/h2-11H,1H3/b15-2-. The molecule has 0 bridgehead atoms. The Balaban J connectivity index is 2.21. The molecule has 0 aliphatic carbocycles. The van der Waals surface area contributed by atoms with Crippen LogP contribution >= 0.6 is 23.4 Å². The maximum absolute atomic E-state index is 5.89. The molecular weight excluding hydrogens is 248 g/mol. The molecule has 0 amide bonds. The highest BCUT2D eigenvalue weighted by Crippen LogP contribution is 2.34. The summed E-state index contributed by atoms with van der Waals surface area (Å²) in [4.78, 5) is 2.49. The second kappa shape index (κ2) is 5.95. The monoisotopic (exact) mass is 260 g/mol. The van der Waals surface area contributed by atoms with E-state index in [0.29, 0.717) is 0 Å². The molecule has 0 aromatic heterocycles. The summed E-state index contributed by atoms with van der Waals surface area (Å²) < 4.78 is 0. The number of hydrogen-bond donors (Lipinski definition) is 0. The highest BCUT2D eigenvalue weighted by molar-refractivity contribution is 8.08. The summed E-state index contributed by atoms with van der Waals surface area (Å²) >= 11 is 7.66. The summed E-state index contributed by atoms with van der Waals surface area (Å²) in [5.41, 5.74) is 1.20. The summed E-state index contributed by atoms with van der Waals surface area (Å²) in [6.45, 7) is 2.06. The van der Waals surface area contributed by atoms with Crippen LogP contribution in [0.3, 0.4) is 0 Å². The maximum atomic E-state index is 5.89. The van der Waals surface area contributed by atoms with E-state index in [0.717, 1.165) is 5.02 Å². The van der Waals surface area contributed by atoms with Crippen molar-refractivity contribution in [2.75, 3.05) is 0 Å². The van der Waals surface area contributed by atoms with Crippen molar-refractivity contribution in [2.24, 2.45) is 0 Å². The minimum absolute atomic E-state index is 0.772. The molecule has 2 aromatic rings. The Morgan fingerprint density at radius 1 is 1.00 bits per heavy atom. The van der Waals surface area contributed by atoms with Gasteiger partial charge in [-0.25, -0.2) is 0 Å². The first-order valence-electron chi connectivity index (χ1n) is 5.45. The van der Waals surface area contributed by atoms with Crippen LogP contribution in [0.25, 0.3) is 4.91 Å². The van der Waals surface area contributed by atoms with Crippen molar-refractivity contribution in [1.29, 1.82) is 0 Å². The van der Waals surface area contributed by atoms with Crippen molar-refractivity contribution in [2.45, 2.75) is 11.8 Å². The number of rotatable bonds is 3. The van der Waals surface area contributed by atoms with Gasteiger partial charge in [0, 0.05) is 14.8 Å². The molecule has 0 saturated carbocycles. The van der Waals surface area contributed by atoms with Crippen molar-refractivity contribution in [3.05, 3.63) is 71.3 Å². The SMILES string of the molecule is C/C=C(\Sc1ccccc1)c1ccc(Cl)cc1. The van der Waals surface area contributed by atoms with Crippen LogP contribution in [0.15, 0.2) is 65.6 Å². The summed E-state index contributed by atoms with van der Waals surface area (Å²) in [6, 6.07) is 18.3. The molecule has 0 fully saturated rings. The first kappa shape index (κ1) is 12.3. The molecule has 0 nitrogen and oxygen atoms in total. The van der Waals surface area contributed by atoms with Crippen LogP contribution in [-0.2, 0) is 0 Å². The Hall–Kier alpha value is -1.18. The van der Waals surface area contributed by atoms with Gasteiger partial charge < -0.3 is 0 Å². The van der Waals surface area contributed by atoms with Crippen molar-refractivity contribution in [1.82, 2.24) is 0 Å². The van der Waals surface area contributed by atoms with Crippen LogP contribution in [0.2, 0.25) is 5.02 Å². The van der Waals surface area contributed by atoms with E-state index in [1.165, 1.54) is 15.4 Å². The quantitative estimate of drug-likeness (QED) is 0.657. The summed E-state index contributed by atoms with van der Waals surface area (Å²) in [7, 11) is 0. The van der Waals surface area contributed by atoms with Crippen LogP contribution in [-0.4, -0.2) is 0 Å². The lowest BCUT2D eigenvalue weighted by atomic mass is 10.2. The van der Waals surface area contributed by atoms with Gasteiger partial charge in [-0.3, -0.25) is 0 Å². The van der Waals surface area contributed by atoms with Crippen molar-refractivity contribution < 1.29 is 0 Å². The molecule has 2 aromatic carbocycles. The second-order valence-electron chi connectivity index (χ2n) is 3.57. The first-order chi connectivity index (χ1) is 8.29. The van der Waals surface area contributed by atoms with Crippen molar-refractivity contribution in [3.63, 3.8) is 0 Å². The van der Waals surface area contributed by atoms with Crippen LogP contribution < -0.4 is 0 Å². The number of halogens is 1. The molecule has 0 aliphatic heterocycles. The molecule has 86 valence electrons. The van der Waals surface area contributed by atoms with Gasteiger partial charge in [0.2, 0.25) is 0 Å². The smallest absolute Gasteiger partial charge is 0.0406 e. The zero-order valence-corrected chi connectivity index (χ0v) is 11.1. The Morgan fingerprint density at radius 2 is 1.65 bits per heavy atom. The van der Waals surface area contributed by atoms with Crippen LogP contribution in [0, 0.1) is 0 Å². The van der Waals surface area contributed by atoms with Gasteiger partial charge in [0.1, 0.15) is 0 Å². The zero-order chi connectivity index (χ0) is 12.1. The minimum atomic E-state index is 0.772. The molecule has 17 heavy (non-hydrogen) atoms. The second-order valence-corrected chi connectivity index (χ2v) is 5.13. The Kier molecular flexibility index (Phi) is 4.29. The molecule has 0 unspecified atom stereocenters. The molecule has 0 saturated heterocycles. The highest BCUT2D eigenvalue weighted by Gasteiger charge is 2.02. The molecule has 0 N–H and O–H groups in total. The van der Waals surface area contributed by atoms with E-state index in [1.54, 1.807) is 11.8 Å². The molecule has 0 radical (unpaired) electrons. The topological polar surface area (TPSA) is 0 Å². The average molecular weight is 261 g/mol. The van der Waals surface area contributed by atoms with Crippen LogP contribution in [0.4, 0.5) is 0 Å². The Morgan fingerprint density at radius 3 is 2.24 bits per heavy atom. The average Bonchev–Trinajstić information content (AvgIpc) is 2.38. The molecule has 2 heteroatoms. The van der Waals surface area contributed by atoms with Crippen LogP contribution in [0.5, 0.6) is 0 Å². The molecule has 2 rings (SSSR count). The van der Waals surface area contributed by atoms with Gasteiger partial charge in [0.05, 0.1) is 0 Å². The van der Waals surface area contributed by atoms with Crippen molar-refractivity contribution >= 4 is 28.3 Å². The number of allylic oxidation sites excluding steroid dienone is 1. The third-order valence-electron chi connectivity index (χ3n) is 2.36. The lowest BCUT2D eigenvalue weighted by Crippen LogP contribution is -1.79. The maximum Gasteiger partial charge on any atom is 0.0406 e. The van der Waals surface area contributed by atoms with Crippen LogP contribution in [0.1, 0.15) is 12.5 Å². The lowest BCUT2D eigenvalue weighted by Gasteiger charge is -2.07. The number of hydrogen-bond acceptors (Lipinski definition) is 1. The van der Waals surface area contributed by atoms with Gasteiger partial charge in [-0.15, -0.1) is 0 Å². The number of benzene rings is 2. The van der Waals surface area contributed by atoms with Gasteiger partial charge in [0.15, 0.2) is 0 Å². The molecule has 0 spiro atoms. The van der Waals surface area contributed by atoms with Gasteiger partial charge in [-0.05, 0) is 36.8 Å². The fourth-order valence-electron chi connectivity index (χ4n) is 1.51. The van der Waals surface area contributed by atoms with E-state index in [4.69, 9.17) is 11.6 Å². The molecule has 0 aliphatic rings. The van der Waals surface area contributed by atoms with E-state index in [-0.39, 0.29) is 0 Å². The van der Waals surface area contributed by atoms with E-state index < -0.39 is 0 Å². The van der Waals surface area contributed by atoms with Gasteiger partial charge in [-0.2, -0.15) is 0 Å². The highest BCUT2D eigenvalue weighted by atomic mass is 35.5. The first-order valence-corrected chi connectivity index (χ1v) is 6.64. The Labute approximate surface area is 111 Å². The van der Waals surface area contributed by atoms with Gasteiger partial charge in [0.25, 0.3) is 0 Å². The summed E-state index contributed by atoms with van der Waals surface area (Å²) in [6.07, 6.45) is 2.13. The largest absolute Gasteiger partial charge is 0.0898 e. The Bertz CT molecular complexity index is 500. The van der Waals surface area contributed by atoms with Crippen molar-refractivity contribution in [3.8, 4) is 0 Å². The molecular formula is C15H13ClS. The predicted molar refractivity (Wildman–Crippen MR) is 77.4 cm³/mol. The van der Waals surface area contributed by atoms with E-state index >= 15 is 0 Å². The molecule has 0 atom stereocenters. The zero-order valence-electron chi connectivity index (χ0n) is 9.56. The normalized spacial score (nSPS) is 11.5. The fraction of sp³-hybridized carbons (Fsp3) is 0.0667. The summed E-state index contributed by atoms with van der Waals surface area (Å²) in [5.74, 6) is 0. The third-order valence-corrected chi connectivity index (χ3v) is 3.81. The third kappa shape index (κ3) is 3.39. The minimum Gasteiger partial charge on any atom is -0.0898 e. The predicted octanol–water partition coefficient (Wildman–Crippen LogP) is 5.49.